The number of rotatable bonds is 2. The minimum Gasteiger partial charge on any atom is -0.383 e. The Balaban J connectivity index is 2.84. The molecule has 0 saturated carbocycles. The van der Waals surface area contributed by atoms with Gasteiger partial charge >= 0.3 is 5.69 Å². The average molecular weight is 201 g/mol. The Morgan fingerprint density at radius 3 is 3.07 bits per heavy atom. The number of allylic oxidation sites excluding steroid dienone is 1. The lowest BCUT2D eigenvalue weighted by molar-refractivity contribution is 1.12. The molecule has 2 rings (SSSR count). The van der Waals surface area contributed by atoms with E-state index < -0.39 is 5.69 Å². The van der Waals surface area contributed by atoms with E-state index >= 15 is 0 Å². The highest BCUT2D eigenvalue weighted by molar-refractivity contribution is 5.90. The van der Waals surface area contributed by atoms with Gasteiger partial charge in [0.2, 0.25) is 0 Å². The second kappa shape index (κ2) is 3.57. The third kappa shape index (κ3) is 1.61. The van der Waals surface area contributed by atoms with Crippen molar-refractivity contribution in [3.63, 3.8) is 0 Å². The fourth-order valence-corrected chi connectivity index (χ4v) is 1.64. The summed E-state index contributed by atoms with van der Waals surface area (Å²) < 4.78 is 0. The molecule has 1 heterocycles. The molecule has 3 N–H and O–H groups in total. The number of aromatic nitrogens is 2. The number of nitrogens with one attached hydrogen (secondary N) is 1. The number of hydrogen-bond donors (Lipinski definition) is 2. The van der Waals surface area contributed by atoms with Crippen LogP contribution in [-0.2, 0) is 6.42 Å². The zero-order valence-corrected chi connectivity index (χ0v) is 8.16. The second-order valence-corrected chi connectivity index (χ2v) is 3.26. The van der Waals surface area contributed by atoms with Gasteiger partial charge in [-0.25, -0.2) is 4.79 Å². The summed E-state index contributed by atoms with van der Waals surface area (Å²) in [5.74, 6) is 0.270. The zero-order valence-electron chi connectivity index (χ0n) is 8.16. The molecule has 0 aliphatic carbocycles. The molecule has 1 aromatic heterocycles. The van der Waals surface area contributed by atoms with Gasteiger partial charge in [0, 0.05) is 5.39 Å². The highest BCUT2D eigenvalue weighted by Gasteiger charge is 2.05. The van der Waals surface area contributed by atoms with Crippen molar-refractivity contribution in [2.45, 2.75) is 6.42 Å². The van der Waals surface area contributed by atoms with E-state index in [-0.39, 0.29) is 5.82 Å². The Labute approximate surface area is 86.5 Å². The van der Waals surface area contributed by atoms with E-state index in [1.165, 1.54) is 0 Å². The van der Waals surface area contributed by atoms with Gasteiger partial charge in [-0.05, 0) is 18.1 Å². The third-order valence-corrected chi connectivity index (χ3v) is 2.23. The van der Waals surface area contributed by atoms with E-state index in [2.05, 4.69) is 16.5 Å². The van der Waals surface area contributed by atoms with E-state index in [1.54, 1.807) is 12.1 Å². The standard InChI is InChI=1S/C11H11N3O/c1-2-4-7-5-3-6-8-9(7)10(12)14-11(15)13-8/h2-3,5-6H,1,4H2,(H3,12,13,14,15). The average Bonchev–Trinajstić information content (AvgIpc) is 2.17. The number of nitrogens with zero attached hydrogens (tertiary/aromatic N) is 1. The van der Waals surface area contributed by atoms with Crippen molar-refractivity contribution in [2.24, 2.45) is 0 Å². The number of aromatic amines is 1. The Kier molecular flexibility index (Phi) is 2.25. The van der Waals surface area contributed by atoms with Gasteiger partial charge in [0.1, 0.15) is 5.82 Å². The summed E-state index contributed by atoms with van der Waals surface area (Å²) in [5, 5.41) is 0.803. The molecule has 0 unspecified atom stereocenters. The molecular weight excluding hydrogens is 190 g/mol. The van der Waals surface area contributed by atoms with Gasteiger partial charge in [-0.2, -0.15) is 4.98 Å². The van der Waals surface area contributed by atoms with Crippen molar-refractivity contribution in [2.75, 3.05) is 5.73 Å². The predicted molar refractivity (Wildman–Crippen MR) is 60.7 cm³/mol. The van der Waals surface area contributed by atoms with Crippen molar-refractivity contribution < 1.29 is 0 Å². The van der Waals surface area contributed by atoms with Crippen LogP contribution in [0.1, 0.15) is 5.56 Å². The number of hydrogen-bond acceptors (Lipinski definition) is 3. The summed E-state index contributed by atoms with van der Waals surface area (Å²) in [7, 11) is 0. The van der Waals surface area contributed by atoms with Crippen molar-refractivity contribution in [3.05, 3.63) is 46.9 Å². The smallest absolute Gasteiger partial charge is 0.347 e. The maximum Gasteiger partial charge on any atom is 0.347 e. The molecule has 0 amide bonds. The summed E-state index contributed by atoms with van der Waals surface area (Å²) in [6, 6.07) is 5.62. The number of nitrogen functional groups attached to an aromatic ring is 1. The molecule has 0 fully saturated rings. The highest BCUT2D eigenvalue weighted by atomic mass is 16.1. The molecule has 15 heavy (non-hydrogen) atoms. The molecular formula is C11H11N3O. The fraction of sp³-hybridized carbons (Fsp3) is 0.0909. The Hall–Kier alpha value is -2.10. The predicted octanol–water partition coefficient (Wildman–Crippen LogP) is 1.23. The summed E-state index contributed by atoms with van der Waals surface area (Å²) >= 11 is 0. The van der Waals surface area contributed by atoms with Crippen LogP contribution >= 0.6 is 0 Å². The van der Waals surface area contributed by atoms with Crippen LogP contribution < -0.4 is 11.4 Å². The quantitative estimate of drug-likeness (QED) is 0.718. The van der Waals surface area contributed by atoms with Gasteiger partial charge in [-0.3, -0.25) is 0 Å². The number of H-pyrrole nitrogens is 1. The molecule has 0 spiro atoms. The minimum absolute atomic E-state index is 0.270. The maximum atomic E-state index is 11.1. The first-order chi connectivity index (χ1) is 7.22. The first kappa shape index (κ1) is 9.45. The Bertz CT molecular complexity index is 572. The van der Waals surface area contributed by atoms with Gasteiger partial charge in [0.15, 0.2) is 0 Å². The van der Waals surface area contributed by atoms with Crippen molar-refractivity contribution in [3.8, 4) is 0 Å². The highest BCUT2D eigenvalue weighted by Crippen LogP contribution is 2.20. The monoisotopic (exact) mass is 201 g/mol. The van der Waals surface area contributed by atoms with Crippen LogP contribution in [0.15, 0.2) is 35.6 Å². The van der Waals surface area contributed by atoms with Crippen molar-refractivity contribution >= 4 is 16.7 Å². The fourth-order valence-electron chi connectivity index (χ4n) is 1.64. The van der Waals surface area contributed by atoms with E-state index in [0.29, 0.717) is 11.9 Å². The van der Waals surface area contributed by atoms with Crippen LogP contribution in [0.4, 0.5) is 5.82 Å². The van der Waals surface area contributed by atoms with Gasteiger partial charge in [0.25, 0.3) is 0 Å². The van der Waals surface area contributed by atoms with Crippen LogP contribution in [0.25, 0.3) is 10.9 Å². The number of fused-ring (bicyclic) bond motifs is 1. The molecule has 1 aromatic carbocycles. The van der Waals surface area contributed by atoms with E-state index in [0.717, 1.165) is 10.9 Å². The number of anilines is 1. The Morgan fingerprint density at radius 2 is 2.33 bits per heavy atom. The minimum atomic E-state index is -0.421. The molecule has 4 heteroatoms. The molecule has 0 bridgehead atoms. The van der Waals surface area contributed by atoms with Crippen LogP contribution in [0, 0.1) is 0 Å². The molecule has 0 aliphatic rings. The van der Waals surface area contributed by atoms with E-state index in [1.807, 2.05) is 12.1 Å². The molecule has 0 atom stereocenters. The van der Waals surface area contributed by atoms with Crippen LogP contribution in [0.3, 0.4) is 0 Å². The molecule has 4 nitrogen and oxygen atoms in total. The molecule has 0 radical (unpaired) electrons. The number of benzene rings is 1. The Morgan fingerprint density at radius 1 is 1.53 bits per heavy atom. The topological polar surface area (TPSA) is 71.8 Å². The lowest BCUT2D eigenvalue weighted by Gasteiger charge is -2.05. The zero-order chi connectivity index (χ0) is 10.8. The summed E-state index contributed by atoms with van der Waals surface area (Å²) in [5.41, 5.74) is 7.03. The van der Waals surface area contributed by atoms with Gasteiger partial charge in [-0.1, -0.05) is 18.2 Å². The normalized spacial score (nSPS) is 10.4. The molecule has 0 saturated heterocycles. The van der Waals surface area contributed by atoms with E-state index in [4.69, 9.17) is 5.73 Å². The summed E-state index contributed by atoms with van der Waals surface area (Å²) in [6.45, 7) is 3.68. The van der Waals surface area contributed by atoms with Gasteiger partial charge < -0.3 is 10.7 Å². The lowest BCUT2D eigenvalue weighted by atomic mass is 10.1. The largest absolute Gasteiger partial charge is 0.383 e. The van der Waals surface area contributed by atoms with Gasteiger partial charge in [0.05, 0.1) is 5.52 Å². The maximum absolute atomic E-state index is 11.1. The second-order valence-electron chi connectivity index (χ2n) is 3.26. The first-order valence-corrected chi connectivity index (χ1v) is 4.60. The van der Waals surface area contributed by atoms with Crippen molar-refractivity contribution in [1.82, 2.24) is 9.97 Å². The summed E-state index contributed by atoms with van der Waals surface area (Å²) in [6.07, 6.45) is 2.49. The van der Waals surface area contributed by atoms with Crippen molar-refractivity contribution in [1.29, 1.82) is 0 Å². The summed E-state index contributed by atoms with van der Waals surface area (Å²) in [4.78, 5) is 17.4. The number of nitrogens with two attached hydrogens (primary N) is 1. The molecule has 2 aromatic rings. The van der Waals surface area contributed by atoms with Crippen LogP contribution in [0.5, 0.6) is 0 Å². The van der Waals surface area contributed by atoms with Crippen LogP contribution in [0.2, 0.25) is 0 Å². The molecule has 0 aliphatic heterocycles. The third-order valence-electron chi connectivity index (χ3n) is 2.23. The SMILES string of the molecule is C=CCc1cccc2[nH]c(=O)nc(N)c12. The first-order valence-electron chi connectivity index (χ1n) is 4.60. The lowest BCUT2D eigenvalue weighted by Crippen LogP contribution is -2.13. The van der Waals surface area contributed by atoms with Crippen LogP contribution in [-0.4, -0.2) is 9.97 Å². The van der Waals surface area contributed by atoms with E-state index in [9.17, 15) is 4.79 Å². The molecule has 76 valence electrons. The van der Waals surface area contributed by atoms with Gasteiger partial charge in [-0.15, -0.1) is 6.58 Å².